The van der Waals surface area contributed by atoms with Crippen LogP contribution >= 0.6 is 15.9 Å². The quantitative estimate of drug-likeness (QED) is 0.718. The molecule has 4 heteroatoms. The van der Waals surface area contributed by atoms with Crippen LogP contribution in [0.4, 0.5) is 4.39 Å². The van der Waals surface area contributed by atoms with Gasteiger partial charge in [0.05, 0.1) is 0 Å². The molecule has 2 aromatic heterocycles. The summed E-state index contributed by atoms with van der Waals surface area (Å²) in [5.74, 6) is -0.356. The van der Waals surface area contributed by atoms with E-state index in [1.807, 2.05) is 6.07 Å². The lowest BCUT2D eigenvalue weighted by Crippen LogP contribution is -1.74. The second-order valence-corrected chi connectivity index (χ2v) is 3.12. The fourth-order valence-electron chi connectivity index (χ4n) is 0.955. The first-order valence-corrected chi connectivity index (χ1v) is 3.85. The maximum Gasteiger partial charge on any atom is 0.193 e. The monoisotopic (exact) mass is 214 g/mol. The summed E-state index contributed by atoms with van der Waals surface area (Å²) in [6, 6.07) is 3.22. The minimum Gasteiger partial charge on any atom is -0.316 e. The van der Waals surface area contributed by atoms with Gasteiger partial charge in [0.25, 0.3) is 0 Å². The highest BCUT2D eigenvalue weighted by molar-refractivity contribution is 9.10. The molecule has 56 valence electrons. The molecule has 0 aliphatic rings. The van der Waals surface area contributed by atoms with Crippen LogP contribution in [0.2, 0.25) is 0 Å². The average Bonchev–Trinajstić information content (AvgIpc) is 2.27. The Balaban J connectivity index is 2.82. The smallest absolute Gasteiger partial charge is 0.193 e. The van der Waals surface area contributed by atoms with Crippen LogP contribution in [0, 0.1) is 5.95 Å². The summed E-state index contributed by atoms with van der Waals surface area (Å²) in [5, 5.41) is 0.775. The molecule has 0 radical (unpaired) electrons. The Morgan fingerprint density at radius 3 is 3.09 bits per heavy atom. The lowest BCUT2D eigenvalue weighted by atomic mass is 10.3. The lowest BCUT2D eigenvalue weighted by molar-refractivity contribution is 0.594. The second-order valence-electron chi connectivity index (χ2n) is 2.21. The van der Waals surface area contributed by atoms with Gasteiger partial charge in [-0.1, -0.05) is 0 Å². The standard InChI is InChI=1S/C7H4BrFN2/c8-5-1-4-2-6(9)11-7(4)10-3-5/h1-3H,(H,10,11). The van der Waals surface area contributed by atoms with Crippen LogP contribution in [0.15, 0.2) is 22.8 Å². The van der Waals surface area contributed by atoms with Crippen LogP contribution in [-0.4, -0.2) is 9.97 Å². The van der Waals surface area contributed by atoms with Gasteiger partial charge in [-0.3, -0.25) is 0 Å². The summed E-state index contributed by atoms with van der Waals surface area (Å²) < 4.78 is 13.4. The van der Waals surface area contributed by atoms with E-state index in [1.165, 1.54) is 6.07 Å². The second kappa shape index (κ2) is 2.30. The molecule has 0 amide bonds. The number of aromatic nitrogens is 2. The van der Waals surface area contributed by atoms with E-state index >= 15 is 0 Å². The number of rotatable bonds is 0. The molecule has 0 atom stereocenters. The van der Waals surface area contributed by atoms with E-state index < -0.39 is 0 Å². The Labute approximate surface area is 70.6 Å². The zero-order valence-corrected chi connectivity index (χ0v) is 7.02. The molecule has 0 aromatic carbocycles. The third kappa shape index (κ3) is 1.14. The van der Waals surface area contributed by atoms with Crippen molar-refractivity contribution in [1.29, 1.82) is 0 Å². The SMILES string of the molecule is Fc1cc2cc(Br)cnc2[nH]1. The topological polar surface area (TPSA) is 28.7 Å². The van der Waals surface area contributed by atoms with E-state index in [-0.39, 0.29) is 5.95 Å². The minimum atomic E-state index is -0.356. The molecule has 2 heterocycles. The molecule has 0 bridgehead atoms. The zero-order chi connectivity index (χ0) is 7.84. The van der Waals surface area contributed by atoms with Gasteiger partial charge in [-0.15, -0.1) is 0 Å². The summed E-state index contributed by atoms with van der Waals surface area (Å²) in [4.78, 5) is 6.45. The maximum absolute atomic E-state index is 12.5. The third-order valence-corrected chi connectivity index (χ3v) is 1.84. The van der Waals surface area contributed by atoms with Crippen molar-refractivity contribution >= 4 is 27.0 Å². The normalized spacial score (nSPS) is 10.7. The molecule has 0 saturated heterocycles. The van der Waals surface area contributed by atoms with Crippen LogP contribution in [0.3, 0.4) is 0 Å². The highest BCUT2D eigenvalue weighted by atomic mass is 79.9. The van der Waals surface area contributed by atoms with E-state index in [9.17, 15) is 4.39 Å². The first-order chi connectivity index (χ1) is 5.25. The molecule has 0 aliphatic carbocycles. The van der Waals surface area contributed by atoms with Crippen molar-refractivity contribution in [2.24, 2.45) is 0 Å². The highest BCUT2D eigenvalue weighted by Gasteiger charge is 1.99. The molecule has 0 unspecified atom stereocenters. The summed E-state index contributed by atoms with van der Waals surface area (Å²) in [6.07, 6.45) is 1.62. The van der Waals surface area contributed by atoms with Crippen LogP contribution in [0.1, 0.15) is 0 Å². The van der Waals surface area contributed by atoms with Crippen molar-refractivity contribution < 1.29 is 4.39 Å². The highest BCUT2D eigenvalue weighted by Crippen LogP contribution is 2.16. The fraction of sp³-hybridized carbons (Fsp3) is 0. The third-order valence-electron chi connectivity index (χ3n) is 1.40. The number of pyridine rings is 1. The van der Waals surface area contributed by atoms with Crippen molar-refractivity contribution in [1.82, 2.24) is 9.97 Å². The first-order valence-electron chi connectivity index (χ1n) is 3.05. The van der Waals surface area contributed by atoms with Crippen LogP contribution in [-0.2, 0) is 0 Å². The van der Waals surface area contributed by atoms with E-state index in [4.69, 9.17) is 0 Å². The number of aromatic amines is 1. The molecule has 0 spiro atoms. The largest absolute Gasteiger partial charge is 0.316 e. The summed E-state index contributed by atoms with van der Waals surface area (Å²) >= 11 is 3.24. The molecular weight excluding hydrogens is 211 g/mol. The number of hydrogen-bond acceptors (Lipinski definition) is 1. The number of H-pyrrole nitrogens is 1. The van der Waals surface area contributed by atoms with Gasteiger partial charge in [0.15, 0.2) is 5.95 Å². The van der Waals surface area contributed by atoms with Gasteiger partial charge in [-0.2, -0.15) is 4.39 Å². The Morgan fingerprint density at radius 2 is 2.27 bits per heavy atom. The van der Waals surface area contributed by atoms with Gasteiger partial charge < -0.3 is 4.98 Å². The molecule has 2 aromatic rings. The Kier molecular flexibility index (Phi) is 1.42. The predicted octanol–water partition coefficient (Wildman–Crippen LogP) is 2.46. The summed E-state index contributed by atoms with van der Waals surface area (Å²) in [5.41, 5.74) is 0.575. The van der Waals surface area contributed by atoms with Gasteiger partial charge in [-0.05, 0) is 22.0 Å². The van der Waals surface area contributed by atoms with Crippen molar-refractivity contribution in [3.8, 4) is 0 Å². The first kappa shape index (κ1) is 6.79. The zero-order valence-electron chi connectivity index (χ0n) is 5.44. The van der Waals surface area contributed by atoms with Crippen molar-refractivity contribution in [2.75, 3.05) is 0 Å². The molecular formula is C7H4BrFN2. The van der Waals surface area contributed by atoms with Crippen molar-refractivity contribution in [2.45, 2.75) is 0 Å². The molecule has 11 heavy (non-hydrogen) atoms. The average molecular weight is 215 g/mol. The Hall–Kier alpha value is -0.900. The van der Waals surface area contributed by atoms with E-state index in [2.05, 4.69) is 25.9 Å². The predicted molar refractivity (Wildman–Crippen MR) is 43.8 cm³/mol. The molecule has 1 N–H and O–H groups in total. The molecule has 2 nitrogen and oxygen atoms in total. The van der Waals surface area contributed by atoms with Gasteiger partial charge in [0.1, 0.15) is 5.65 Å². The Morgan fingerprint density at radius 1 is 1.45 bits per heavy atom. The number of nitrogens with one attached hydrogen (secondary N) is 1. The Bertz CT molecular complexity index is 396. The summed E-state index contributed by atoms with van der Waals surface area (Å²) in [6.45, 7) is 0. The van der Waals surface area contributed by atoms with Crippen LogP contribution in [0.25, 0.3) is 11.0 Å². The van der Waals surface area contributed by atoms with Gasteiger partial charge in [0, 0.05) is 22.1 Å². The van der Waals surface area contributed by atoms with Gasteiger partial charge in [-0.25, -0.2) is 4.98 Å². The lowest BCUT2D eigenvalue weighted by Gasteiger charge is -1.87. The molecule has 0 saturated carbocycles. The van der Waals surface area contributed by atoms with Crippen LogP contribution in [0.5, 0.6) is 0 Å². The van der Waals surface area contributed by atoms with E-state index in [0.29, 0.717) is 5.65 Å². The number of nitrogens with zero attached hydrogens (tertiary/aromatic N) is 1. The van der Waals surface area contributed by atoms with E-state index in [1.54, 1.807) is 6.20 Å². The maximum atomic E-state index is 12.5. The van der Waals surface area contributed by atoms with Crippen molar-refractivity contribution in [3.05, 3.63) is 28.7 Å². The molecule has 2 rings (SSSR count). The number of halogens is 2. The number of hydrogen-bond donors (Lipinski definition) is 1. The van der Waals surface area contributed by atoms with Crippen molar-refractivity contribution in [3.63, 3.8) is 0 Å². The van der Waals surface area contributed by atoms with Gasteiger partial charge in [0.2, 0.25) is 0 Å². The molecule has 0 aliphatic heterocycles. The summed E-state index contributed by atoms with van der Waals surface area (Å²) in [7, 11) is 0. The fourth-order valence-corrected chi connectivity index (χ4v) is 1.30. The van der Waals surface area contributed by atoms with Crippen LogP contribution < -0.4 is 0 Å². The molecule has 0 fully saturated rings. The minimum absolute atomic E-state index is 0.356. The van der Waals surface area contributed by atoms with E-state index in [0.717, 1.165) is 9.86 Å². The van der Waals surface area contributed by atoms with Gasteiger partial charge >= 0.3 is 0 Å². The number of fused-ring (bicyclic) bond motifs is 1.